The average molecular weight is 432 g/mol. The second kappa shape index (κ2) is 8.30. The molecule has 0 heterocycles. The van der Waals surface area contributed by atoms with Crippen LogP contribution in [-0.4, -0.2) is 11.5 Å². The van der Waals surface area contributed by atoms with Gasteiger partial charge in [-0.15, -0.1) is 23.5 Å². The van der Waals surface area contributed by atoms with Gasteiger partial charge in [0.1, 0.15) is 0 Å². The lowest BCUT2D eigenvalue weighted by molar-refractivity contribution is 0.415. The lowest BCUT2D eigenvalue weighted by Crippen LogP contribution is -2.09. The molecule has 2 rings (SSSR count). The van der Waals surface area contributed by atoms with E-state index in [4.69, 9.17) is 0 Å². The summed E-state index contributed by atoms with van der Waals surface area (Å²) in [6.07, 6.45) is 1.52. The van der Waals surface area contributed by atoms with E-state index in [1.807, 2.05) is 0 Å². The fourth-order valence-electron chi connectivity index (χ4n) is 2.23. The van der Waals surface area contributed by atoms with Gasteiger partial charge in [-0.3, -0.25) is 0 Å². The maximum atomic E-state index is 14.4. The van der Waals surface area contributed by atoms with Crippen molar-refractivity contribution in [1.82, 2.24) is 0 Å². The monoisotopic (exact) mass is 432 g/mol. The van der Waals surface area contributed by atoms with Crippen LogP contribution in [-0.2, 0) is 0 Å². The molecule has 0 radical (unpaired) electrons. The molecule has 2 aromatic rings. The van der Waals surface area contributed by atoms with E-state index in [0.717, 1.165) is 6.26 Å². The first-order chi connectivity index (χ1) is 12.6. The molecule has 27 heavy (non-hydrogen) atoms. The van der Waals surface area contributed by atoms with Gasteiger partial charge in [-0.05, 0) is 12.7 Å². The van der Waals surface area contributed by atoms with Gasteiger partial charge in [0.05, 0.1) is 20.9 Å². The molecule has 0 amide bonds. The highest BCUT2D eigenvalue weighted by molar-refractivity contribution is 8.00. The predicted molar refractivity (Wildman–Crippen MR) is 88.9 cm³/mol. The van der Waals surface area contributed by atoms with E-state index in [1.54, 1.807) is 13.8 Å². The van der Waals surface area contributed by atoms with Crippen molar-refractivity contribution >= 4 is 23.5 Å². The van der Waals surface area contributed by atoms with Crippen LogP contribution in [0.4, 0.5) is 35.1 Å². The summed E-state index contributed by atoms with van der Waals surface area (Å²) in [6, 6.07) is 0. The van der Waals surface area contributed by atoms with Crippen molar-refractivity contribution in [2.45, 2.75) is 35.3 Å². The molecular formula is C17H12F8S2. The smallest absolute Gasteiger partial charge is 0.176 e. The summed E-state index contributed by atoms with van der Waals surface area (Å²) in [6.45, 7) is 3.21. The van der Waals surface area contributed by atoms with Crippen molar-refractivity contribution in [3.05, 3.63) is 46.5 Å². The summed E-state index contributed by atoms with van der Waals surface area (Å²) in [7, 11) is 0. The second-order valence-corrected chi connectivity index (χ2v) is 7.73. The highest BCUT2D eigenvalue weighted by Crippen LogP contribution is 2.42. The lowest BCUT2D eigenvalue weighted by atomic mass is 10.0. The minimum atomic E-state index is -2.16. The Balaban J connectivity index is 2.86. The van der Waals surface area contributed by atoms with Crippen molar-refractivity contribution in [3.8, 4) is 11.1 Å². The van der Waals surface area contributed by atoms with E-state index in [1.165, 1.54) is 0 Å². The molecule has 0 aliphatic heterocycles. The Kier molecular flexibility index (Phi) is 6.72. The zero-order valence-electron chi connectivity index (χ0n) is 14.1. The Morgan fingerprint density at radius 1 is 0.630 bits per heavy atom. The van der Waals surface area contributed by atoms with E-state index < -0.39 is 72.7 Å². The van der Waals surface area contributed by atoms with Crippen LogP contribution in [0.3, 0.4) is 0 Å². The Hall–Kier alpha value is -1.42. The van der Waals surface area contributed by atoms with Crippen molar-refractivity contribution in [2.75, 3.05) is 6.26 Å². The Labute approximate surface area is 158 Å². The lowest BCUT2D eigenvalue weighted by Gasteiger charge is -2.16. The average Bonchev–Trinajstić information content (AvgIpc) is 2.65. The maximum Gasteiger partial charge on any atom is 0.176 e. The van der Waals surface area contributed by atoms with Crippen LogP contribution < -0.4 is 0 Å². The van der Waals surface area contributed by atoms with Gasteiger partial charge in [-0.25, -0.2) is 35.1 Å². The molecule has 0 N–H and O–H groups in total. The summed E-state index contributed by atoms with van der Waals surface area (Å²) < 4.78 is 113. The molecule has 2 aromatic carbocycles. The van der Waals surface area contributed by atoms with Gasteiger partial charge >= 0.3 is 0 Å². The molecule has 0 saturated carbocycles. The summed E-state index contributed by atoms with van der Waals surface area (Å²) in [5, 5.41) is -0.428. The van der Waals surface area contributed by atoms with Crippen LogP contribution in [0, 0.1) is 46.5 Å². The van der Waals surface area contributed by atoms with Crippen LogP contribution in [0.15, 0.2) is 9.79 Å². The van der Waals surface area contributed by atoms with Gasteiger partial charge in [0.15, 0.2) is 46.5 Å². The standard InChI is InChI=1S/C17H12F8S2/c1-4-5(2)27-17-14(24)10(20)7(11(21)15(17)25)6-8(18)12(22)16(26-3)13(23)9(6)19/h5H,4H2,1-3H3. The fraction of sp³-hybridized carbons (Fsp3) is 0.294. The van der Waals surface area contributed by atoms with Crippen molar-refractivity contribution in [1.29, 1.82) is 0 Å². The van der Waals surface area contributed by atoms with E-state index in [-0.39, 0.29) is 0 Å². The highest BCUT2D eigenvalue weighted by atomic mass is 32.2. The second-order valence-electron chi connectivity index (χ2n) is 5.46. The molecular weight excluding hydrogens is 420 g/mol. The molecule has 10 heteroatoms. The zero-order valence-corrected chi connectivity index (χ0v) is 15.8. The highest BCUT2D eigenvalue weighted by Gasteiger charge is 2.34. The van der Waals surface area contributed by atoms with Gasteiger partial charge in [-0.1, -0.05) is 13.8 Å². The van der Waals surface area contributed by atoms with Crippen molar-refractivity contribution < 1.29 is 35.1 Å². The number of halogens is 8. The van der Waals surface area contributed by atoms with Crippen LogP contribution in [0.25, 0.3) is 11.1 Å². The van der Waals surface area contributed by atoms with E-state index in [2.05, 4.69) is 0 Å². The van der Waals surface area contributed by atoms with Gasteiger partial charge in [0.25, 0.3) is 0 Å². The van der Waals surface area contributed by atoms with Crippen LogP contribution in [0.2, 0.25) is 0 Å². The molecule has 0 aliphatic carbocycles. The Morgan fingerprint density at radius 2 is 0.963 bits per heavy atom. The zero-order chi connectivity index (χ0) is 20.6. The van der Waals surface area contributed by atoms with Gasteiger partial charge in [0.2, 0.25) is 0 Å². The first-order valence-corrected chi connectivity index (χ1v) is 9.61. The third-order valence-electron chi connectivity index (χ3n) is 3.79. The molecule has 1 atom stereocenters. The van der Waals surface area contributed by atoms with Crippen molar-refractivity contribution in [2.24, 2.45) is 0 Å². The van der Waals surface area contributed by atoms with E-state index >= 15 is 0 Å². The molecule has 0 nitrogen and oxygen atoms in total. The third-order valence-corrected chi connectivity index (χ3v) is 5.89. The third kappa shape index (κ3) is 3.65. The maximum absolute atomic E-state index is 14.4. The number of hydrogen-bond donors (Lipinski definition) is 0. The first kappa shape index (κ1) is 21.9. The molecule has 0 aliphatic rings. The summed E-state index contributed by atoms with van der Waals surface area (Å²) in [4.78, 5) is -2.09. The van der Waals surface area contributed by atoms with Crippen LogP contribution in [0.1, 0.15) is 20.3 Å². The first-order valence-electron chi connectivity index (χ1n) is 7.51. The van der Waals surface area contributed by atoms with E-state index in [0.29, 0.717) is 29.9 Å². The summed E-state index contributed by atoms with van der Waals surface area (Å²) in [5.74, 6) is -16.2. The predicted octanol–water partition coefficient (Wildman–Crippen LogP) is 7.08. The number of hydrogen-bond acceptors (Lipinski definition) is 2. The number of rotatable bonds is 5. The normalized spacial score (nSPS) is 12.6. The SMILES string of the molecule is CCC(C)Sc1c(F)c(F)c(-c2c(F)c(F)c(SC)c(F)c2F)c(F)c1F. The van der Waals surface area contributed by atoms with E-state index in [9.17, 15) is 35.1 Å². The number of thioether (sulfide) groups is 2. The molecule has 148 valence electrons. The van der Waals surface area contributed by atoms with Gasteiger partial charge in [0, 0.05) is 5.25 Å². The van der Waals surface area contributed by atoms with Crippen LogP contribution in [0.5, 0.6) is 0 Å². The summed E-state index contributed by atoms with van der Waals surface area (Å²) >= 11 is 0.793. The van der Waals surface area contributed by atoms with Gasteiger partial charge < -0.3 is 0 Å². The fourth-order valence-corrected chi connectivity index (χ4v) is 3.72. The Bertz CT molecular complexity index is 839. The summed E-state index contributed by atoms with van der Waals surface area (Å²) in [5.41, 5.74) is -3.70. The molecule has 0 bridgehead atoms. The number of benzene rings is 2. The largest absolute Gasteiger partial charge is 0.203 e. The minimum Gasteiger partial charge on any atom is -0.203 e. The topological polar surface area (TPSA) is 0 Å². The van der Waals surface area contributed by atoms with Gasteiger partial charge in [-0.2, -0.15) is 0 Å². The molecule has 0 aromatic heterocycles. The van der Waals surface area contributed by atoms with Crippen molar-refractivity contribution in [3.63, 3.8) is 0 Å². The quantitative estimate of drug-likeness (QED) is 0.281. The molecule has 0 spiro atoms. The Morgan fingerprint density at radius 3 is 1.26 bits per heavy atom. The molecule has 0 fully saturated rings. The molecule has 1 unspecified atom stereocenters. The minimum absolute atomic E-state index is 0.312. The van der Waals surface area contributed by atoms with Crippen LogP contribution >= 0.6 is 23.5 Å². The molecule has 0 saturated heterocycles.